The highest BCUT2D eigenvalue weighted by atomic mass is 16.2. The van der Waals surface area contributed by atoms with E-state index in [4.69, 9.17) is 0 Å². The Balaban J connectivity index is 1.91. The molecule has 0 aliphatic carbocycles. The zero-order valence-corrected chi connectivity index (χ0v) is 11.1. The topological polar surface area (TPSA) is 41.1 Å². The molecule has 0 aromatic heterocycles. The van der Waals surface area contributed by atoms with Crippen LogP contribution < -0.4 is 10.6 Å². The maximum Gasteiger partial charge on any atom is 0.237 e. The Morgan fingerprint density at radius 3 is 2.78 bits per heavy atom. The quantitative estimate of drug-likeness (QED) is 0.859. The van der Waals surface area contributed by atoms with Crippen molar-refractivity contribution in [1.29, 1.82) is 0 Å². The van der Waals surface area contributed by atoms with E-state index in [0.29, 0.717) is 5.92 Å². The molecule has 2 rings (SSSR count). The van der Waals surface area contributed by atoms with Gasteiger partial charge >= 0.3 is 0 Å². The molecule has 98 valence electrons. The van der Waals surface area contributed by atoms with Gasteiger partial charge in [-0.1, -0.05) is 37.3 Å². The molecule has 0 radical (unpaired) electrons. The Morgan fingerprint density at radius 2 is 2.11 bits per heavy atom. The zero-order valence-electron chi connectivity index (χ0n) is 11.1. The van der Waals surface area contributed by atoms with Crippen molar-refractivity contribution in [2.45, 2.75) is 38.8 Å². The van der Waals surface area contributed by atoms with E-state index in [1.807, 2.05) is 37.3 Å². The fourth-order valence-electron chi connectivity index (χ4n) is 2.45. The molecule has 18 heavy (non-hydrogen) atoms. The standard InChI is InChI=1S/C15H22N2O/c1-11-8-9-16-14(10-11)15(18)17-12(2)13-6-4-3-5-7-13/h3-7,11-12,14,16H,8-10H2,1-2H3,(H,17,18)/t11?,12-,14?/m0/s1. The summed E-state index contributed by atoms with van der Waals surface area (Å²) in [5.74, 6) is 0.756. The Morgan fingerprint density at radius 1 is 1.39 bits per heavy atom. The second-order valence-electron chi connectivity index (χ2n) is 5.28. The zero-order chi connectivity index (χ0) is 13.0. The monoisotopic (exact) mass is 246 g/mol. The second kappa shape index (κ2) is 6.01. The molecular weight excluding hydrogens is 224 g/mol. The number of piperidine rings is 1. The number of benzene rings is 1. The Kier molecular flexibility index (Phi) is 4.37. The molecule has 1 aliphatic heterocycles. The molecule has 0 saturated carbocycles. The van der Waals surface area contributed by atoms with Crippen molar-refractivity contribution in [3.05, 3.63) is 35.9 Å². The number of nitrogens with one attached hydrogen (secondary N) is 2. The maximum atomic E-state index is 12.2. The lowest BCUT2D eigenvalue weighted by Crippen LogP contribution is -2.48. The lowest BCUT2D eigenvalue weighted by atomic mass is 9.93. The van der Waals surface area contributed by atoms with E-state index in [2.05, 4.69) is 17.6 Å². The van der Waals surface area contributed by atoms with Gasteiger partial charge in [0.2, 0.25) is 5.91 Å². The molecule has 1 amide bonds. The lowest BCUT2D eigenvalue weighted by molar-refractivity contribution is -0.124. The van der Waals surface area contributed by atoms with Crippen molar-refractivity contribution in [2.75, 3.05) is 6.54 Å². The molecule has 0 spiro atoms. The van der Waals surface area contributed by atoms with Gasteiger partial charge in [0.15, 0.2) is 0 Å². The molecule has 0 bridgehead atoms. The molecule has 1 fully saturated rings. The number of hydrogen-bond donors (Lipinski definition) is 2. The largest absolute Gasteiger partial charge is 0.348 e. The average molecular weight is 246 g/mol. The summed E-state index contributed by atoms with van der Waals surface area (Å²) in [6.45, 7) is 5.18. The van der Waals surface area contributed by atoms with Crippen molar-refractivity contribution in [1.82, 2.24) is 10.6 Å². The maximum absolute atomic E-state index is 12.2. The van der Waals surface area contributed by atoms with Crippen LogP contribution in [0.1, 0.15) is 38.3 Å². The predicted molar refractivity (Wildman–Crippen MR) is 73.2 cm³/mol. The molecule has 1 aliphatic rings. The highest BCUT2D eigenvalue weighted by Crippen LogP contribution is 2.17. The number of carbonyl (C=O) groups is 1. The first-order valence-electron chi connectivity index (χ1n) is 6.75. The van der Waals surface area contributed by atoms with E-state index >= 15 is 0 Å². The Bertz CT molecular complexity index is 391. The van der Waals surface area contributed by atoms with Crippen LogP contribution in [0.15, 0.2) is 30.3 Å². The van der Waals surface area contributed by atoms with Crippen LogP contribution in [0.4, 0.5) is 0 Å². The van der Waals surface area contributed by atoms with E-state index in [0.717, 1.165) is 24.9 Å². The third-order valence-electron chi connectivity index (χ3n) is 3.64. The minimum absolute atomic E-state index is 0.0279. The van der Waals surface area contributed by atoms with Gasteiger partial charge in [-0.05, 0) is 37.8 Å². The number of rotatable bonds is 3. The summed E-state index contributed by atoms with van der Waals surface area (Å²) in [6, 6.07) is 10.1. The van der Waals surface area contributed by atoms with E-state index in [1.165, 1.54) is 0 Å². The summed E-state index contributed by atoms with van der Waals surface area (Å²) in [7, 11) is 0. The first-order chi connectivity index (χ1) is 8.66. The fourth-order valence-corrected chi connectivity index (χ4v) is 2.45. The van der Waals surface area contributed by atoms with Gasteiger partial charge in [0.1, 0.15) is 0 Å². The van der Waals surface area contributed by atoms with Gasteiger partial charge in [0.25, 0.3) is 0 Å². The highest BCUT2D eigenvalue weighted by molar-refractivity contribution is 5.82. The fraction of sp³-hybridized carbons (Fsp3) is 0.533. The molecule has 2 N–H and O–H groups in total. The van der Waals surface area contributed by atoms with Crippen LogP contribution in [-0.4, -0.2) is 18.5 Å². The van der Waals surface area contributed by atoms with E-state index in [9.17, 15) is 4.79 Å². The molecular formula is C15H22N2O. The summed E-state index contributed by atoms with van der Waals surface area (Å²) in [5.41, 5.74) is 1.15. The van der Waals surface area contributed by atoms with Gasteiger partial charge in [-0.15, -0.1) is 0 Å². The van der Waals surface area contributed by atoms with Crippen molar-refractivity contribution < 1.29 is 4.79 Å². The van der Waals surface area contributed by atoms with Crippen LogP contribution in [0.5, 0.6) is 0 Å². The van der Waals surface area contributed by atoms with Crippen LogP contribution in [0.2, 0.25) is 0 Å². The van der Waals surface area contributed by atoms with Crippen LogP contribution in [0.25, 0.3) is 0 Å². The molecule has 1 heterocycles. The van der Waals surface area contributed by atoms with Crippen LogP contribution in [0, 0.1) is 5.92 Å². The smallest absolute Gasteiger partial charge is 0.237 e. The Labute approximate surface area is 109 Å². The van der Waals surface area contributed by atoms with Crippen molar-refractivity contribution >= 4 is 5.91 Å². The first kappa shape index (κ1) is 13.1. The van der Waals surface area contributed by atoms with E-state index in [-0.39, 0.29) is 18.0 Å². The summed E-state index contributed by atoms with van der Waals surface area (Å²) in [4.78, 5) is 12.2. The van der Waals surface area contributed by atoms with Gasteiger partial charge in [0, 0.05) is 0 Å². The molecule has 1 aromatic rings. The van der Waals surface area contributed by atoms with Gasteiger partial charge < -0.3 is 10.6 Å². The summed E-state index contributed by atoms with van der Waals surface area (Å²) in [5, 5.41) is 6.38. The molecule has 2 unspecified atom stereocenters. The van der Waals surface area contributed by atoms with Gasteiger partial charge in [-0.25, -0.2) is 0 Å². The summed E-state index contributed by atoms with van der Waals surface area (Å²) >= 11 is 0. The molecule has 3 atom stereocenters. The van der Waals surface area contributed by atoms with Gasteiger partial charge in [-0.2, -0.15) is 0 Å². The molecule has 3 nitrogen and oxygen atoms in total. The Hall–Kier alpha value is -1.35. The molecule has 1 saturated heterocycles. The van der Waals surface area contributed by atoms with Crippen molar-refractivity contribution in [2.24, 2.45) is 5.92 Å². The van der Waals surface area contributed by atoms with E-state index < -0.39 is 0 Å². The van der Waals surface area contributed by atoms with Crippen LogP contribution >= 0.6 is 0 Å². The highest BCUT2D eigenvalue weighted by Gasteiger charge is 2.25. The van der Waals surface area contributed by atoms with Crippen molar-refractivity contribution in [3.8, 4) is 0 Å². The SMILES string of the molecule is CC1CCNC(C(=O)N[C@@H](C)c2ccccc2)C1. The third-order valence-corrected chi connectivity index (χ3v) is 3.64. The lowest BCUT2D eigenvalue weighted by Gasteiger charge is -2.28. The predicted octanol–water partition coefficient (Wildman–Crippen LogP) is 2.25. The minimum Gasteiger partial charge on any atom is -0.348 e. The van der Waals surface area contributed by atoms with Gasteiger partial charge in [0.05, 0.1) is 12.1 Å². The van der Waals surface area contributed by atoms with Gasteiger partial charge in [-0.3, -0.25) is 4.79 Å². The summed E-state index contributed by atoms with van der Waals surface area (Å²) < 4.78 is 0. The van der Waals surface area contributed by atoms with Crippen LogP contribution in [-0.2, 0) is 4.79 Å². The average Bonchev–Trinajstić information content (AvgIpc) is 2.39. The number of hydrogen-bond acceptors (Lipinski definition) is 2. The number of amides is 1. The molecule has 1 aromatic carbocycles. The first-order valence-corrected chi connectivity index (χ1v) is 6.75. The third kappa shape index (κ3) is 3.33. The normalized spacial score (nSPS) is 25.4. The van der Waals surface area contributed by atoms with Crippen molar-refractivity contribution in [3.63, 3.8) is 0 Å². The van der Waals surface area contributed by atoms with E-state index in [1.54, 1.807) is 0 Å². The number of carbonyl (C=O) groups excluding carboxylic acids is 1. The second-order valence-corrected chi connectivity index (χ2v) is 5.28. The molecule has 3 heteroatoms. The summed E-state index contributed by atoms with van der Waals surface area (Å²) in [6.07, 6.45) is 2.10. The van der Waals surface area contributed by atoms with Crippen LogP contribution in [0.3, 0.4) is 0 Å². The minimum atomic E-state index is -0.0279.